The Labute approximate surface area is 171 Å². The third-order valence-corrected chi connectivity index (χ3v) is 7.46. The normalized spacial score (nSPS) is 24.7. The van der Waals surface area contributed by atoms with Crippen molar-refractivity contribution in [2.45, 2.75) is 82.2 Å². The monoisotopic (exact) mass is 406 g/mol. The van der Waals surface area contributed by atoms with Gasteiger partial charge in [-0.25, -0.2) is 4.98 Å². The molecule has 2 fully saturated rings. The van der Waals surface area contributed by atoms with Gasteiger partial charge in [-0.05, 0) is 51.0 Å². The number of nitrogens with zero attached hydrogens (tertiary/aromatic N) is 2. The lowest BCUT2D eigenvalue weighted by molar-refractivity contribution is 0.199. The molecule has 28 heavy (non-hydrogen) atoms. The smallest absolute Gasteiger partial charge is 0.218 e. The molecule has 7 heteroatoms. The molecule has 0 spiro atoms. The van der Waals surface area contributed by atoms with E-state index in [-0.39, 0.29) is 0 Å². The fraction of sp³-hybridized carbons (Fsp3) is 0.714. The molecule has 2 aliphatic carbocycles. The van der Waals surface area contributed by atoms with Crippen molar-refractivity contribution in [3.05, 3.63) is 23.9 Å². The fourth-order valence-electron chi connectivity index (χ4n) is 4.15. The lowest BCUT2D eigenvalue weighted by Gasteiger charge is -2.30. The topological polar surface area (TPSA) is 75.6 Å². The molecule has 1 aromatic rings. The van der Waals surface area contributed by atoms with Gasteiger partial charge in [-0.2, -0.15) is 0 Å². The SMILES string of the molecule is CCS(=O)C1CCCC(NC(=NC)NCc2cccnc2OC2CCCC2)C1. The van der Waals surface area contributed by atoms with E-state index in [0.29, 0.717) is 23.9 Å². The lowest BCUT2D eigenvalue weighted by atomic mass is 9.95. The van der Waals surface area contributed by atoms with Gasteiger partial charge in [-0.1, -0.05) is 19.4 Å². The van der Waals surface area contributed by atoms with E-state index in [1.807, 2.05) is 13.0 Å². The Bertz CT molecular complexity index is 676. The van der Waals surface area contributed by atoms with Crippen LogP contribution >= 0.6 is 0 Å². The zero-order chi connectivity index (χ0) is 19.8. The van der Waals surface area contributed by atoms with Crippen LogP contribution in [0, 0.1) is 0 Å². The molecule has 2 aliphatic rings. The predicted octanol–water partition coefficient (Wildman–Crippen LogP) is 3.15. The summed E-state index contributed by atoms with van der Waals surface area (Å²) in [4.78, 5) is 8.82. The van der Waals surface area contributed by atoms with Crippen LogP contribution in [0.15, 0.2) is 23.3 Å². The van der Waals surface area contributed by atoms with Gasteiger partial charge >= 0.3 is 0 Å². The summed E-state index contributed by atoms with van der Waals surface area (Å²) in [6.45, 7) is 2.62. The Morgan fingerprint density at radius 1 is 1.29 bits per heavy atom. The molecule has 3 unspecified atom stereocenters. The van der Waals surface area contributed by atoms with Gasteiger partial charge in [-0.3, -0.25) is 9.20 Å². The molecule has 6 nitrogen and oxygen atoms in total. The number of pyridine rings is 1. The van der Waals surface area contributed by atoms with Gasteiger partial charge in [0.25, 0.3) is 0 Å². The summed E-state index contributed by atoms with van der Waals surface area (Å²) >= 11 is 0. The highest BCUT2D eigenvalue weighted by Gasteiger charge is 2.26. The van der Waals surface area contributed by atoms with Gasteiger partial charge in [0.15, 0.2) is 5.96 Å². The predicted molar refractivity (Wildman–Crippen MR) is 115 cm³/mol. The molecule has 2 saturated carbocycles. The second-order valence-corrected chi connectivity index (χ2v) is 9.72. The molecular weight excluding hydrogens is 372 g/mol. The molecule has 0 amide bonds. The van der Waals surface area contributed by atoms with Gasteiger partial charge in [0.05, 0.1) is 0 Å². The molecular formula is C21H34N4O2S. The number of hydrogen-bond acceptors (Lipinski definition) is 4. The summed E-state index contributed by atoms with van der Waals surface area (Å²) in [6.07, 6.45) is 11.0. The average molecular weight is 407 g/mol. The molecule has 1 aromatic heterocycles. The Morgan fingerprint density at radius 2 is 2.11 bits per heavy atom. The van der Waals surface area contributed by atoms with E-state index >= 15 is 0 Å². The summed E-state index contributed by atoms with van der Waals surface area (Å²) in [5.74, 6) is 2.26. The molecule has 0 bridgehead atoms. The van der Waals surface area contributed by atoms with E-state index in [1.54, 1.807) is 13.2 Å². The molecule has 0 saturated heterocycles. The summed E-state index contributed by atoms with van der Waals surface area (Å²) < 4.78 is 18.3. The minimum absolute atomic E-state index is 0.296. The molecule has 0 radical (unpaired) electrons. The Hall–Kier alpha value is -1.63. The van der Waals surface area contributed by atoms with Crippen LogP contribution in [-0.4, -0.2) is 45.3 Å². The number of aromatic nitrogens is 1. The first-order valence-electron chi connectivity index (χ1n) is 10.6. The number of ether oxygens (including phenoxy) is 1. The van der Waals surface area contributed by atoms with Gasteiger partial charge < -0.3 is 15.4 Å². The standard InChI is InChI=1S/C21H34N4O2S/c1-3-28(26)19-12-6-9-17(14-19)25-21(22-2)24-15-16-8-7-13-23-20(16)27-18-10-4-5-11-18/h7-8,13,17-19H,3-6,9-12,14-15H2,1-2H3,(H2,22,24,25). The number of rotatable bonds is 7. The van der Waals surface area contributed by atoms with Crippen molar-refractivity contribution >= 4 is 16.8 Å². The largest absolute Gasteiger partial charge is 0.474 e. The minimum Gasteiger partial charge on any atom is -0.474 e. The van der Waals surface area contributed by atoms with Crippen molar-refractivity contribution in [3.8, 4) is 5.88 Å². The maximum Gasteiger partial charge on any atom is 0.218 e. The summed E-state index contributed by atoms with van der Waals surface area (Å²) in [6, 6.07) is 4.32. The molecule has 1 heterocycles. The first-order chi connectivity index (χ1) is 13.7. The second-order valence-electron chi connectivity index (χ2n) is 7.72. The van der Waals surface area contributed by atoms with Crippen molar-refractivity contribution in [2.75, 3.05) is 12.8 Å². The van der Waals surface area contributed by atoms with E-state index < -0.39 is 10.8 Å². The molecule has 3 atom stereocenters. The summed E-state index contributed by atoms with van der Waals surface area (Å²) in [5.41, 5.74) is 1.05. The van der Waals surface area contributed by atoms with Gasteiger partial charge in [0, 0.05) is 53.2 Å². The zero-order valence-corrected chi connectivity index (χ0v) is 18.0. The molecule has 0 aromatic carbocycles. The van der Waals surface area contributed by atoms with Crippen molar-refractivity contribution in [2.24, 2.45) is 4.99 Å². The van der Waals surface area contributed by atoms with Crippen LogP contribution < -0.4 is 15.4 Å². The van der Waals surface area contributed by atoms with E-state index in [0.717, 1.165) is 61.7 Å². The van der Waals surface area contributed by atoms with Crippen molar-refractivity contribution in [1.82, 2.24) is 15.6 Å². The van der Waals surface area contributed by atoms with Crippen LogP contribution in [0.1, 0.15) is 63.9 Å². The van der Waals surface area contributed by atoms with E-state index in [1.165, 1.54) is 12.8 Å². The van der Waals surface area contributed by atoms with Crippen LogP contribution in [0.4, 0.5) is 0 Å². The summed E-state index contributed by atoms with van der Waals surface area (Å²) in [5, 5.41) is 7.22. The first-order valence-corrected chi connectivity index (χ1v) is 12.0. The van der Waals surface area contributed by atoms with Crippen LogP contribution in [0.25, 0.3) is 0 Å². The van der Waals surface area contributed by atoms with Crippen LogP contribution in [-0.2, 0) is 17.3 Å². The first kappa shape index (κ1) is 21.1. The fourth-order valence-corrected chi connectivity index (χ4v) is 5.49. The molecule has 3 rings (SSSR count). The molecule has 156 valence electrons. The summed E-state index contributed by atoms with van der Waals surface area (Å²) in [7, 11) is 1.08. The van der Waals surface area contributed by atoms with Crippen LogP contribution in [0.5, 0.6) is 5.88 Å². The van der Waals surface area contributed by atoms with Gasteiger partial charge in [0.1, 0.15) is 6.10 Å². The average Bonchev–Trinajstić information content (AvgIpc) is 3.24. The third kappa shape index (κ3) is 5.93. The highest BCUT2D eigenvalue weighted by atomic mass is 32.2. The van der Waals surface area contributed by atoms with Crippen molar-refractivity contribution < 1.29 is 8.95 Å². The second kappa shape index (κ2) is 10.8. The number of hydrogen-bond donors (Lipinski definition) is 2. The Balaban J connectivity index is 1.53. The number of aliphatic imine (C=N–C) groups is 1. The van der Waals surface area contributed by atoms with Crippen LogP contribution in [0.3, 0.4) is 0 Å². The molecule has 0 aliphatic heterocycles. The maximum atomic E-state index is 12.2. The number of guanidine groups is 1. The van der Waals surface area contributed by atoms with Crippen molar-refractivity contribution in [1.29, 1.82) is 0 Å². The van der Waals surface area contributed by atoms with E-state index in [9.17, 15) is 4.21 Å². The highest BCUT2D eigenvalue weighted by molar-refractivity contribution is 7.85. The quantitative estimate of drug-likeness (QED) is 0.537. The van der Waals surface area contributed by atoms with Gasteiger partial charge in [-0.15, -0.1) is 0 Å². The molecule has 2 N–H and O–H groups in total. The lowest BCUT2D eigenvalue weighted by Crippen LogP contribution is -2.46. The van der Waals surface area contributed by atoms with Crippen LogP contribution in [0.2, 0.25) is 0 Å². The van der Waals surface area contributed by atoms with E-state index in [2.05, 4.69) is 26.7 Å². The van der Waals surface area contributed by atoms with E-state index in [4.69, 9.17) is 4.74 Å². The Kier molecular flexibility index (Phi) is 8.13. The third-order valence-electron chi connectivity index (χ3n) is 5.72. The van der Waals surface area contributed by atoms with Crippen molar-refractivity contribution in [3.63, 3.8) is 0 Å². The number of nitrogens with one attached hydrogen (secondary N) is 2. The maximum absolute atomic E-state index is 12.2. The zero-order valence-electron chi connectivity index (χ0n) is 17.2. The van der Waals surface area contributed by atoms with Gasteiger partial charge in [0.2, 0.25) is 5.88 Å². The minimum atomic E-state index is -0.715. The highest BCUT2D eigenvalue weighted by Crippen LogP contribution is 2.25. The Morgan fingerprint density at radius 3 is 2.86 bits per heavy atom.